The number of rotatable bonds is 14. The van der Waals surface area contributed by atoms with Crippen molar-refractivity contribution in [2.45, 2.75) is 49.1 Å². The maximum atomic E-state index is 12.5. The van der Waals surface area contributed by atoms with Crippen molar-refractivity contribution in [1.29, 1.82) is 0 Å². The number of nitrogens with two attached hydrogens (primary N) is 2. The smallest absolute Gasteiger partial charge is 0.394 e. The molecule has 2 fully saturated rings. The van der Waals surface area contributed by atoms with Gasteiger partial charge in [-0.05, 0) is 23.3 Å². The summed E-state index contributed by atoms with van der Waals surface area (Å²) in [7, 11) is -16.9. The molecular weight excluding hydrogens is 969 g/mol. The van der Waals surface area contributed by atoms with Gasteiger partial charge in [0.15, 0.2) is 34.8 Å². The summed E-state index contributed by atoms with van der Waals surface area (Å²) >= 11 is 0. The van der Waals surface area contributed by atoms with Gasteiger partial charge in [-0.25, -0.2) is 23.7 Å². The average Bonchev–Trinajstić information content (AvgIpc) is 3.98. The van der Waals surface area contributed by atoms with Crippen molar-refractivity contribution in [1.82, 2.24) is 39.0 Å². The van der Waals surface area contributed by atoms with Gasteiger partial charge in [0.2, 0.25) is 11.9 Å². The Hall–Kier alpha value is -5.65. The van der Waals surface area contributed by atoms with Gasteiger partial charge in [-0.1, -0.05) is 72.8 Å². The third kappa shape index (κ3) is 11.4. The lowest BCUT2D eigenvalue weighted by atomic mass is 10.1. The van der Waals surface area contributed by atoms with Crippen molar-refractivity contribution in [3.8, 4) is 0 Å². The molecule has 2 saturated heterocycles. The van der Waals surface area contributed by atoms with Crippen molar-refractivity contribution in [3.63, 3.8) is 0 Å². The first-order valence-electron chi connectivity index (χ1n) is 19.5. The summed E-state index contributed by atoms with van der Waals surface area (Å²) in [6.07, 6.45) is -4.93. The molecule has 0 bridgehead atoms. The number of imidazole rings is 2. The predicted molar refractivity (Wildman–Crippen MR) is 235 cm³/mol. The maximum absolute atomic E-state index is 12.5. The molecule has 2 aromatic carbocycles. The van der Waals surface area contributed by atoms with Gasteiger partial charge in [-0.15, -0.1) is 0 Å². The maximum Gasteiger partial charge on any atom is 0.490 e. The van der Waals surface area contributed by atoms with Gasteiger partial charge in [-0.3, -0.25) is 33.2 Å². The minimum absolute atomic E-state index is 0.0136. The van der Waals surface area contributed by atoms with E-state index in [-0.39, 0.29) is 45.9 Å². The van der Waals surface area contributed by atoms with Crippen LogP contribution in [0, 0.1) is 0 Å². The molecule has 0 spiro atoms. The number of aliphatic hydroxyl groups is 5. The fraction of sp³-hybridized carbons (Fsp3) is 0.278. The van der Waals surface area contributed by atoms with Crippen LogP contribution in [0.5, 0.6) is 0 Å². The number of hydrogen-bond donors (Lipinski definition) is 13. The highest BCUT2D eigenvalue weighted by atomic mass is 31.3. The second kappa shape index (κ2) is 20.1. The zero-order valence-electron chi connectivity index (χ0n) is 34.4. The number of phosphoric acid groups is 3. The number of phosphoric ester groups is 1. The first-order chi connectivity index (χ1) is 32.0. The van der Waals surface area contributed by atoms with Crippen LogP contribution in [0.3, 0.4) is 0 Å². The van der Waals surface area contributed by atoms with Crippen LogP contribution in [0.4, 0.5) is 11.9 Å². The lowest BCUT2D eigenvalue weighted by Gasteiger charge is -2.19. The van der Waals surface area contributed by atoms with Crippen LogP contribution in [-0.4, -0.2) is 134 Å². The predicted octanol–water partition coefficient (Wildman–Crippen LogP) is -0.682. The van der Waals surface area contributed by atoms with Crippen molar-refractivity contribution >= 4 is 82.0 Å². The van der Waals surface area contributed by atoms with Crippen molar-refractivity contribution in [2.75, 3.05) is 24.7 Å². The Kier molecular flexibility index (Phi) is 14.9. The second-order valence-corrected chi connectivity index (χ2v) is 19.0. The number of nitrogens with zero attached hydrogens (tertiary/aromatic N) is 6. The summed E-state index contributed by atoms with van der Waals surface area (Å²) in [5, 5.41) is 51.2. The molecular formula is C36H41N10O19P3. The van der Waals surface area contributed by atoms with Gasteiger partial charge in [-0.2, -0.15) is 18.6 Å². The van der Waals surface area contributed by atoms with E-state index in [0.717, 1.165) is 15.7 Å². The van der Waals surface area contributed by atoms with E-state index in [4.69, 9.17) is 30.7 Å². The molecule has 364 valence electrons. The molecule has 68 heavy (non-hydrogen) atoms. The molecule has 29 nitrogen and oxygen atoms in total. The fourth-order valence-corrected chi connectivity index (χ4v) is 9.92. The van der Waals surface area contributed by atoms with E-state index in [0.29, 0.717) is 0 Å². The van der Waals surface area contributed by atoms with Gasteiger partial charge >= 0.3 is 23.5 Å². The Morgan fingerprint density at radius 2 is 1.04 bits per heavy atom. The molecule has 6 aromatic rings. The molecule has 0 radical (unpaired) electrons. The Bertz CT molecular complexity index is 3110. The quantitative estimate of drug-likeness (QED) is 0.0601. The van der Waals surface area contributed by atoms with Gasteiger partial charge < -0.3 is 66.0 Å². The van der Waals surface area contributed by atoms with E-state index in [1.807, 2.05) is 30.3 Å². The van der Waals surface area contributed by atoms with E-state index in [9.17, 15) is 58.6 Å². The molecule has 4 aromatic heterocycles. The standard InChI is InChI=1S/C18H22N5O14P3.C18H19N5O5/c19-18-21-15-12(16(26)22-18)20-11(7-6-9-4-2-1-3-5-9)23(15)17-14(25)13(24)10(35-17)8-34-39(30,31)37-40(32,33)36-38(27,28)29;19-18-21-15-12(16(27)22-18)20-11(7-6-9-4-2-1-3-5-9)23(15)17-14(26)13(25)10(8-24)28-17/h1-7,10,13-14,17,24-25H,8H2,(H,30,31)(H,32,33)(H2,27,28,29)(H3,19,21,22,26);1-7,10,13-14,17,24-26H,8H2,(H3,19,21,22,27)/b2*7-6+/t2*10-,13?,14+,17-/m11/s1. The zero-order chi connectivity index (χ0) is 49.3. The number of aromatic amines is 2. The van der Waals surface area contributed by atoms with E-state index >= 15 is 0 Å². The largest absolute Gasteiger partial charge is 0.490 e. The normalized spacial score (nSPS) is 25.0. The molecule has 15 N–H and O–H groups in total. The number of fused-ring (bicyclic) bond motifs is 2. The summed E-state index contributed by atoms with van der Waals surface area (Å²) < 4.78 is 59.9. The number of nitrogens with one attached hydrogen (secondary N) is 2. The Morgan fingerprint density at radius 1 is 0.618 bits per heavy atom. The van der Waals surface area contributed by atoms with Crippen LogP contribution in [-0.2, 0) is 36.3 Å². The van der Waals surface area contributed by atoms with E-state index < -0.39 is 96.9 Å². The van der Waals surface area contributed by atoms with Crippen molar-refractivity contribution in [2.24, 2.45) is 0 Å². The van der Waals surface area contributed by atoms with Gasteiger partial charge in [0.25, 0.3) is 11.1 Å². The Labute approximate surface area is 379 Å². The SMILES string of the molecule is Nc1nc2c(nc(/C=C/c3ccccc3)n2[C@@H]2O[C@H](CO)C(O)[C@@H]2O)c(=O)[nH]1.Nc1nc2c(nc(/C=C/c3ccccc3)n2[C@@H]2O[C@H](COP(=O)(O)OP(=O)(O)OP(=O)(O)O)C(O)[C@@H]2O)c(=O)[nH]1. The fourth-order valence-electron chi connectivity index (χ4n) is 6.89. The highest BCUT2D eigenvalue weighted by molar-refractivity contribution is 7.66. The summed E-state index contributed by atoms with van der Waals surface area (Å²) in [6.45, 7) is -1.52. The van der Waals surface area contributed by atoms with Crippen LogP contribution in [0.1, 0.15) is 35.2 Å². The zero-order valence-corrected chi connectivity index (χ0v) is 37.1. The van der Waals surface area contributed by atoms with Gasteiger partial charge in [0, 0.05) is 0 Å². The molecule has 2 aliphatic rings. The lowest BCUT2D eigenvalue weighted by Crippen LogP contribution is -2.33. The molecule has 2 aliphatic heterocycles. The molecule has 0 saturated carbocycles. The van der Waals surface area contributed by atoms with Gasteiger partial charge in [0.1, 0.15) is 48.3 Å². The first-order valence-corrected chi connectivity index (χ1v) is 24.0. The number of aromatic nitrogens is 8. The summed E-state index contributed by atoms with van der Waals surface area (Å²) in [4.78, 5) is 82.2. The lowest BCUT2D eigenvalue weighted by molar-refractivity contribution is -0.0513. The molecule has 0 aliphatic carbocycles. The topological polar surface area (TPSA) is 459 Å². The second-order valence-electron chi connectivity index (χ2n) is 14.6. The van der Waals surface area contributed by atoms with Crippen LogP contribution in [0.25, 0.3) is 46.6 Å². The van der Waals surface area contributed by atoms with Crippen molar-refractivity contribution in [3.05, 3.63) is 104 Å². The summed E-state index contributed by atoms with van der Waals surface area (Å²) in [6, 6.07) is 18.3. The van der Waals surface area contributed by atoms with Crippen LogP contribution >= 0.6 is 23.5 Å². The molecule has 0 amide bonds. The minimum Gasteiger partial charge on any atom is -0.394 e. The Morgan fingerprint density at radius 3 is 1.46 bits per heavy atom. The third-order valence-corrected chi connectivity index (χ3v) is 13.6. The monoisotopic (exact) mass is 1010 g/mol. The number of aliphatic hydroxyl groups excluding tert-OH is 5. The number of benzene rings is 2. The number of anilines is 2. The van der Waals surface area contributed by atoms with Gasteiger partial charge in [0.05, 0.1) is 13.2 Å². The average molecular weight is 1010 g/mol. The highest BCUT2D eigenvalue weighted by Gasteiger charge is 2.48. The first kappa shape index (κ1) is 50.2. The Balaban J connectivity index is 0.000000214. The number of nitrogen functional groups attached to an aromatic ring is 2. The highest BCUT2D eigenvalue weighted by Crippen LogP contribution is 2.66. The number of ether oxygens (including phenoxy) is 2. The van der Waals surface area contributed by atoms with E-state index in [1.165, 1.54) is 10.6 Å². The van der Waals surface area contributed by atoms with Crippen LogP contribution in [0.2, 0.25) is 0 Å². The van der Waals surface area contributed by atoms with Crippen molar-refractivity contribution < 1.29 is 81.4 Å². The van der Waals surface area contributed by atoms with Crippen LogP contribution in [0.15, 0.2) is 70.3 Å². The minimum atomic E-state index is -5.78. The molecule has 10 atom stereocenters. The number of hydrogen-bond acceptors (Lipinski definition) is 21. The third-order valence-electron chi connectivity index (χ3n) is 9.82. The summed E-state index contributed by atoms with van der Waals surface area (Å²) in [5.74, 6) is -0.108. The van der Waals surface area contributed by atoms with E-state index in [1.54, 1.807) is 48.6 Å². The molecule has 32 heteroatoms. The molecule has 8 rings (SSSR count). The summed E-state index contributed by atoms with van der Waals surface area (Å²) in [5.41, 5.74) is 11.5. The van der Waals surface area contributed by atoms with Crippen LogP contribution < -0.4 is 22.6 Å². The number of H-pyrrole nitrogens is 2. The molecule has 4 unspecified atom stereocenters. The molecule has 6 heterocycles. The van der Waals surface area contributed by atoms with E-state index in [2.05, 4.69) is 43.0 Å².